The van der Waals surface area contributed by atoms with Gasteiger partial charge in [0.15, 0.2) is 0 Å². The molecule has 0 aromatic heterocycles. The van der Waals surface area contributed by atoms with Crippen LogP contribution < -0.4 is 4.74 Å². The molecule has 0 spiro atoms. The molecule has 1 aromatic rings. The highest BCUT2D eigenvalue weighted by Crippen LogP contribution is 2.25. The Morgan fingerprint density at radius 3 is 1.84 bits per heavy atom. The summed E-state index contributed by atoms with van der Waals surface area (Å²) in [7, 11) is 0. The Morgan fingerprint density at radius 1 is 1.00 bits per heavy atom. The molecule has 0 saturated carbocycles. The maximum Gasteiger partial charge on any atom is 0.458 e. The van der Waals surface area contributed by atoms with Gasteiger partial charge < -0.3 is 4.74 Å². The fraction of sp³-hybridized carbons (Fsp3) is 0.273. The molecular weight excluding hydrogens is 281 g/mol. The Kier molecular flexibility index (Phi) is 3.98. The van der Waals surface area contributed by atoms with Crippen molar-refractivity contribution in [3.8, 4) is 17.6 Å². The topological polar surface area (TPSA) is 9.23 Å². The van der Waals surface area contributed by atoms with Crippen LogP contribution in [-0.2, 0) is 0 Å². The second kappa shape index (κ2) is 4.99. The quantitative estimate of drug-likeness (QED) is 0.592. The SMILES string of the molecule is CC(F)(F)Oc1cc(F)c(C#CC(F)(F)F)c(F)c1. The minimum atomic E-state index is -4.93. The van der Waals surface area contributed by atoms with Crippen LogP contribution in [0.5, 0.6) is 5.75 Å². The van der Waals surface area contributed by atoms with Gasteiger partial charge >= 0.3 is 12.3 Å². The van der Waals surface area contributed by atoms with E-state index in [0.29, 0.717) is 25.0 Å². The Bertz CT molecular complexity index is 508. The number of alkyl halides is 5. The van der Waals surface area contributed by atoms with Crippen LogP contribution in [0.2, 0.25) is 0 Å². The third kappa shape index (κ3) is 5.07. The van der Waals surface area contributed by atoms with Gasteiger partial charge in [0.05, 0.1) is 5.56 Å². The summed E-state index contributed by atoms with van der Waals surface area (Å²) in [4.78, 5) is 0. The van der Waals surface area contributed by atoms with Crippen molar-refractivity contribution in [3.05, 3.63) is 29.3 Å². The van der Waals surface area contributed by atoms with Gasteiger partial charge in [-0.2, -0.15) is 22.0 Å². The molecular formula is C11H5F7O. The second-order valence-corrected chi connectivity index (χ2v) is 3.42. The predicted octanol–water partition coefficient (Wildman–Crippen LogP) is 3.87. The van der Waals surface area contributed by atoms with Crippen molar-refractivity contribution in [1.29, 1.82) is 0 Å². The van der Waals surface area contributed by atoms with Crippen molar-refractivity contribution in [1.82, 2.24) is 0 Å². The first kappa shape index (κ1) is 15.1. The average molecular weight is 286 g/mol. The zero-order chi connectivity index (χ0) is 14.8. The summed E-state index contributed by atoms with van der Waals surface area (Å²) in [6, 6.07) is 0.641. The maximum atomic E-state index is 13.2. The Morgan fingerprint density at radius 2 is 1.47 bits per heavy atom. The first-order chi connectivity index (χ1) is 8.48. The van der Waals surface area contributed by atoms with Crippen molar-refractivity contribution in [3.63, 3.8) is 0 Å². The van der Waals surface area contributed by atoms with E-state index in [1.807, 2.05) is 0 Å². The molecule has 0 N–H and O–H groups in total. The van der Waals surface area contributed by atoms with Crippen LogP contribution in [-0.4, -0.2) is 12.3 Å². The summed E-state index contributed by atoms with van der Waals surface area (Å²) < 4.78 is 90.5. The number of ether oxygens (including phenoxy) is 1. The van der Waals surface area contributed by atoms with Crippen LogP contribution in [0.15, 0.2) is 12.1 Å². The van der Waals surface area contributed by atoms with Gasteiger partial charge in [0, 0.05) is 25.0 Å². The van der Waals surface area contributed by atoms with E-state index < -0.39 is 35.2 Å². The molecule has 1 aromatic carbocycles. The molecule has 104 valence electrons. The van der Waals surface area contributed by atoms with Gasteiger partial charge in [-0.25, -0.2) is 8.78 Å². The van der Waals surface area contributed by atoms with Gasteiger partial charge in [0.1, 0.15) is 17.4 Å². The fourth-order valence-electron chi connectivity index (χ4n) is 1.07. The minimum absolute atomic E-state index is 0.320. The van der Waals surface area contributed by atoms with Crippen LogP contribution >= 0.6 is 0 Å². The van der Waals surface area contributed by atoms with Crippen molar-refractivity contribution < 1.29 is 35.5 Å². The van der Waals surface area contributed by atoms with E-state index >= 15 is 0 Å². The van der Waals surface area contributed by atoms with Gasteiger partial charge in [-0.05, 0) is 0 Å². The molecule has 0 aliphatic rings. The number of hydrogen-bond donors (Lipinski definition) is 0. The summed E-state index contributed by atoms with van der Waals surface area (Å²) in [5, 5.41) is 0. The summed E-state index contributed by atoms with van der Waals surface area (Å²) in [5.74, 6) is -2.01. The summed E-state index contributed by atoms with van der Waals surface area (Å²) in [6.07, 6.45) is -8.61. The number of benzene rings is 1. The van der Waals surface area contributed by atoms with E-state index in [1.165, 1.54) is 5.92 Å². The van der Waals surface area contributed by atoms with Gasteiger partial charge in [-0.15, -0.1) is 0 Å². The molecule has 19 heavy (non-hydrogen) atoms. The highest BCUT2D eigenvalue weighted by Gasteiger charge is 2.25. The monoisotopic (exact) mass is 286 g/mol. The Balaban J connectivity index is 3.14. The summed E-state index contributed by atoms with van der Waals surface area (Å²) >= 11 is 0. The average Bonchev–Trinajstić information content (AvgIpc) is 2.10. The molecule has 0 unspecified atom stereocenters. The standard InChI is InChI=1S/C11H5F7O/c1-10(14,15)19-6-4-8(12)7(9(13)5-6)2-3-11(16,17)18/h4-5H,1H3. The maximum absolute atomic E-state index is 13.2. The fourth-order valence-corrected chi connectivity index (χ4v) is 1.07. The highest BCUT2D eigenvalue weighted by atomic mass is 19.4. The van der Waals surface area contributed by atoms with Gasteiger partial charge in [0.2, 0.25) is 0 Å². The molecule has 0 amide bonds. The molecule has 0 radical (unpaired) electrons. The van der Waals surface area contributed by atoms with Crippen molar-refractivity contribution in [2.24, 2.45) is 0 Å². The predicted molar refractivity (Wildman–Crippen MR) is 50.5 cm³/mol. The first-order valence-electron chi connectivity index (χ1n) is 4.64. The number of halogens is 7. The molecule has 0 bridgehead atoms. The zero-order valence-electron chi connectivity index (χ0n) is 9.21. The zero-order valence-corrected chi connectivity index (χ0v) is 9.21. The van der Waals surface area contributed by atoms with Gasteiger partial charge in [-0.1, -0.05) is 5.92 Å². The van der Waals surface area contributed by atoms with E-state index in [2.05, 4.69) is 4.74 Å². The molecule has 0 saturated heterocycles. The third-order valence-electron chi connectivity index (χ3n) is 1.64. The Hall–Kier alpha value is -1.91. The van der Waals surface area contributed by atoms with Crippen LogP contribution in [0.4, 0.5) is 30.7 Å². The lowest BCUT2D eigenvalue weighted by atomic mass is 10.2. The highest BCUT2D eigenvalue weighted by molar-refractivity contribution is 5.41. The van der Waals surface area contributed by atoms with Crippen molar-refractivity contribution in [2.75, 3.05) is 0 Å². The molecule has 0 aliphatic carbocycles. The molecule has 0 atom stereocenters. The van der Waals surface area contributed by atoms with Crippen molar-refractivity contribution >= 4 is 0 Å². The minimum Gasteiger partial charge on any atom is -0.433 e. The largest absolute Gasteiger partial charge is 0.458 e. The number of rotatable bonds is 2. The van der Waals surface area contributed by atoms with Gasteiger partial charge in [0.25, 0.3) is 0 Å². The van der Waals surface area contributed by atoms with Crippen LogP contribution in [0, 0.1) is 23.5 Å². The van der Waals surface area contributed by atoms with Gasteiger partial charge in [-0.3, -0.25) is 0 Å². The number of hydrogen-bond acceptors (Lipinski definition) is 1. The molecule has 8 heteroatoms. The van der Waals surface area contributed by atoms with E-state index in [9.17, 15) is 30.7 Å². The molecule has 0 aliphatic heterocycles. The Labute approximate surface area is 103 Å². The lowest BCUT2D eigenvalue weighted by molar-refractivity contribution is -0.159. The van der Waals surface area contributed by atoms with E-state index in [4.69, 9.17) is 0 Å². The van der Waals surface area contributed by atoms with Crippen molar-refractivity contribution in [2.45, 2.75) is 19.2 Å². The lowest BCUT2D eigenvalue weighted by Gasteiger charge is -2.13. The lowest BCUT2D eigenvalue weighted by Crippen LogP contribution is -2.19. The normalized spacial score (nSPS) is 11.8. The van der Waals surface area contributed by atoms with E-state index in [0.717, 1.165) is 0 Å². The van der Waals surface area contributed by atoms with E-state index in [1.54, 1.807) is 0 Å². The molecule has 0 heterocycles. The third-order valence-corrected chi connectivity index (χ3v) is 1.64. The first-order valence-corrected chi connectivity index (χ1v) is 4.64. The molecule has 1 rings (SSSR count). The van der Waals surface area contributed by atoms with Crippen LogP contribution in [0.1, 0.15) is 12.5 Å². The molecule has 0 fully saturated rings. The summed E-state index contributed by atoms with van der Waals surface area (Å²) in [6.45, 7) is 0.334. The second-order valence-electron chi connectivity index (χ2n) is 3.42. The summed E-state index contributed by atoms with van der Waals surface area (Å²) in [5.41, 5.74) is -1.18. The van der Waals surface area contributed by atoms with Crippen LogP contribution in [0.3, 0.4) is 0 Å². The molecule has 1 nitrogen and oxygen atoms in total. The smallest absolute Gasteiger partial charge is 0.433 e. The van der Waals surface area contributed by atoms with E-state index in [-0.39, 0.29) is 0 Å². The van der Waals surface area contributed by atoms with Crippen LogP contribution in [0.25, 0.3) is 0 Å².